The highest BCUT2D eigenvalue weighted by Gasteiger charge is 2.23. The molecule has 0 fully saturated rings. The van der Waals surface area contributed by atoms with E-state index >= 15 is 0 Å². The van der Waals surface area contributed by atoms with Crippen LogP contribution < -0.4 is 5.32 Å². The number of hydrogen-bond acceptors (Lipinski definition) is 3. The Bertz CT molecular complexity index is 284. The maximum absolute atomic E-state index is 10.7. The fourth-order valence-corrected chi connectivity index (χ4v) is 2.32. The molecule has 0 aromatic heterocycles. The first-order chi connectivity index (χ1) is 7.68. The van der Waals surface area contributed by atoms with E-state index in [2.05, 4.69) is 18.8 Å². The third-order valence-corrected chi connectivity index (χ3v) is 3.01. The van der Waals surface area contributed by atoms with Crippen molar-refractivity contribution in [2.45, 2.75) is 52.5 Å². The number of hydrogen-bond donors (Lipinski definition) is 2. The molecule has 0 bridgehead atoms. The minimum Gasteiger partial charge on any atom is -0.311 e. The number of unbranched alkanes of at least 4 members (excludes halogenated alkanes) is 2. The minimum absolute atomic E-state index is 0.244. The zero-order valence-electron chi connectivity index (χ0n) is 11.5. The summed E-state index contributed by atoms with van der Waals surface area (Å²) < 4.78 is 30.0. The van der Waals surface area contributed by atoms with Crippen molar-refractivity contribution in [2.75, 3.05) is 12.3 Å². The second-order valence-corrected chi connectivity index (χ2v) is 6.10. The molecule has 0 heterocycles. The summed E-state index contributed by atoms with van der Waals surface area (Å²) >= 11 is 0. The summed E-state index contributed by atoms with van der Waals surface area (Å²) in [6.45, 7) is 11.7. The molecule has 17 heavy (non-hydrogen) atoms. The summed E-state index contributed by atoms with van der Waals surface area (Å²) in [5, 5.41) is 3.11. The fourth-order valence-electron chi connectivity index (χ4n) is 1.31. The first-order valence-corrected chi connectivity index (χ1v) is 7.56. The van der Waals surface area contributed by atoms with Gasteiger partial charge in [-0.1, -0.05) is 25.8 Å². The van der Waals surface area contributed by atoms with Crippen LogP contribution in [0.4, 0.5) is 0 Å². The second kappa shape index (κ2) is 9.62. The molecule has 4 nitrogen and oxygen atoms in total. The Kier molecular flexibility index (Phi) is 10.7. The van der Waals surface area contributed by atoms with Crippen molar-refractivity contribution in [1.29, 1.82) is 0 Å². The molecule has 0 atom stereocenters. The lowest BCUT2D eigenvalue weighted by molar-refractivity contribution is 0.398. The van der Waals surface area contributed by atoms with Gasteiger partial charge in [-0.15, -0.1) is 6.58 Å². The standard InChI is InChI=1S/C9H21NO3S.C3H6/c1-4-5-6-7-10-9(2,3)8-14(11,12)13;1-3-2/h10H,4-8H2,1-3H3,(H,11,12,13);3H,1H2,2H3. The van der Waals surface area contributed by atoms with Crippen molar-refractivity contribution < 1.29 is 13.0 Å². The van der Waals surface area contributed by atoms with Crippen LogP contribution in [0.2, 0.25) is 0 Å². The van der Waals surface area contributed by atoms with E-state index in [9.17, 15) is 8.42 Å². The SMILES string of the molecule is C=CC.CCCCCNC(C)(C)CS(=O)(=O)O. The molecule has 0 aliphatic carbocycles. The topological polar surface area (TPSA) is 66.4 Å². The number of nitrogens with one attached hydrogen (secondary N) is 1. The highest BCUT2D eigenvalue weighted by atomic mass is 32.2. The molecule has 0 aliphatic rings. The Morgan fingerprint density at radius 3 is 2.18 bits per heavy atom. The van der Waals surface area contributed by atoms with Gasteiger partial charge in [-0.2, -0.15) is 8.42 Å². The molecule has 0 aromatic carbocycles. The molecule has 5 heteroatoms. The summed E-state index contributed by atoms with van der Waals surface area (Å²) in [6, 6.07) is 0. The van der Waals surface area contributed by atoms with E-state index in [0.29, 0.717) is 0 Å². The highest BCUT2D eigenvalue weighted by molar-refractivity contribution is 7.85. The van der Waals surface area contributed by atoms with Gasteiger partial charge in [0.25, 0.3) is 10.1 Å². The van der Waals surface area contributed by atoms with E-state index in [1.54, 1.807) is 19.9 Å². The normalized spacial score (nSPS) is 11.6. The van der Waals surface area contributed by atoms with Crippen molar-refractivity contribution in [1.82, 2.24) is 5.32 Å². The summed E-state index contributed by atoms with van der Waals surface area (Å²) in [5.41, 5.74) is -0.554. The average Bonchev–Trinajstić information content (AvgIpc) is 2.10. The van der Waals surface area contributed by atoms with Gasteiger partial charge in [0.05, 0.1) is 5.75 Å². The van der Waals surface area contributed by atoms with Crippen molar-refractivity contribution in [3.63, 3.8) is 0 Å². The highest BCUT2D eigenvalue weighted by Crippen LogP contribution is 2.06. The predicted octanol–water partition coefficient (Wildman–Crippen LogP) is 2.62. The van der Waals surface area contributed by atoms with Gasteiger partial charge in [-0.05, 0) is 33.7 Å². The Morgan fingerprint density at radius 2 is 1.82 bits per heavy atom. The van der Waals surface area contributed by atoms with Crippen LogP contribution in [0.3, 0.4) is 0 Å². The largest absolute Gasteiger partial charge is 0.311 e. The van der Waals surface area contributed by atoms with Crippen molar-refractivity contribution in [3.8, 4) is 0 Å². The van der Waals surface area contributed by atoms with Gasteiger partial charge in [-0.3, -0.25) is 4.55 Å². The van der Waals surface area contributed by atoms with Crippen LogP contribution in [0.25, 0.3) is 0 Å². The third kappa shape index (κ3) is 18.2. The van der Waals surface area contributed by atoms with Crippen LogP contribution in [0.1, 0.15) is 47.0 Å². The summed E-state index contributed by atoms with van der Waals surface area (Å²) in [6.07, 6.45) is 5.06. The van der Waals surface area contributed by atoms with Gasteiger partial charge in [0.2, 0.25) is 0 Å². The minimum atomic E-state index is -3.89. The lowest BCUT2D eigenvalue weighted by atomic mass is 10.1. The van der Waals surface area contributed by atoms with E-state index in [0.717, 1.165) is 25.8 Å². The molecule has 0 amide bonds. The van der Waals surface area contributed by atoms with E-state index in [1.807, 2.05) is 6.92 Å². The zero-order chi connectivity index (χ0) is 13.9. The fraction of sp³-hybridized carbons (Fsp3) is 0.833. The molecular weight excluding hydrogens is 238 g/mol. The predicted molar refractivity (Wildman–Crippen MR) is 73.9 cm³/mol. The van der Waals surface area contributed by atoms with Crippen LogP contribution >= 0.6 is 0 Å². The van der Waals surface area contributed by atoms with E-state index in [-0.39, 0.29) is 5.75 Å². The van der Waals surface area contributed by atoms with E-state index in [4.69, 9.17) is 4.55 Å². The lowest BCUT2D eigenvalue weighted by Gasteiger charge is -2.24. The summed E-state index contributed by atoms with van der Waals surface area (Å²) in [5.74, 6) is -0.244. The summed E-state index contributed by atoms with van der Waals surface area (Å²) in [4.78, 5) is 0. The van der Waals surface area contributed by atoms with Gasteiger partial charge in [0.1, 0.15) is 0 Å². The molecule has 0 rings (SSSR count). The monoisotopic (exact) mass is 265 g/mol. The van der Waals surface area contributed by atoms with Crippen LogP contribution in [-0.2, 0) is 10.1 Å². The van der Waals surface area contributed by atoms with Gasteiger partial charge >= 0.3 is 0 Å². The average molecular weight is 265 g/mol. The Balaban J connectivity index is 0. The molecule has 0 spiro atoms. The Morgan fingerprint density at radius 1 is 1.35 bits per heavy atom. The first-order valence-electron chi connectivity index (χ1n) is 5.95. The second-order valence-electron chi connectivity index (χ2n) is 4.65. The van der Waals surface area contributed by atoms with Gasteiger partial charge in [0.15, 0.2) is 0 Å². The molecular formula is C12H27NO3S. The Hall–Kier alpha value is -0.390. The van der Waals surface area contributed by atoms with Crippen molar-refractivity contribution in [2.24, 2.45) is 0 Å². The van der Waals surface area contributed by atoms with Gasteiger partial charge < -0.3 is 5.32 Å². The molecule has 0 radical (unpaired) electrons. The first kappa shape index (κ1) is 19.0. The van der Waals surface area contributed by atoms with Crippen LogP contribution in [0.5, 0.6) is 0 Å². The Labute approximate surface area is 106 Å². The molecule has 0 aliphatic heterocycles. The van der Waals surface area contributed by atoms with Gasteiger partial charge in [0, 0.05) is 5.54 Å². The van der Waals surface area contributed by atoms with Crippen LogP contribution in [0, 0.1) is 0 Å². The molecule has 0 saturated heterocycles. The number of allylic oxidation sites excluding steroid dienone is 1. The summed E-state index contributed by atoms with van der Waals surface area (Å²) in [7, 11) is -3.89. The molecule has 0 aromatic rings. The molecule has 0 unspecified atom stereocenters. The maximum Gasteiger partial charge on any atom is 0.266 e. The number of rotatable bonds is 7. The van der Waals surface area contributed by atoms with Crippen LogP contribution in [0.15, 0.2) is 12.7 Å². The molecule has 0 saturated carbocycles. The van der Waals surface area contributed by atoms with Crippen LogP contribution in [-0.4, -0.2) is 30.8 Å². The smallest absolute Gasteiger partial charge is 0.266 e. The lowest BCUT2D eigenvalue weighted by Crippen LogP contribution is -2.45. The van der Waals surface area contributed by atoms with Crippen molar-refractivity contribution in [3.05, 3.63) is 12.7 Å². The quantitative estimate of drug-likeness (QED) is 0.422. The zero-order valence-corrected chi connectivity index (χ0v) is 12.3. The third-order valence-electron chi connectivity index (χ3n) is 1.93. The van der Waals surface area contributed by atoms with Crippen molar-refractivity contribution >= 4 is 10.1 Å². The molecule has 2 N–H and O–H groups in total. The van der Waals surface area contributed by atoms with E-state index in [1.165, 1.54) is 0 Å². The maximum atomic E-state index is 10.7. The molecule has 104 valence electrons. The van der Waals surface area contributed by atoms with E-state index < -0.39 is 15.7 Å². The van der Waals surface area contributed by atoms with Gasteiger partial charge in [-0.25, -0.2) is 0 Å².